The zero-order valence-electron chi connectivity index (χ0n) is 16.5. The lowest BCUT2D eigenvalue weighted by atomic mass is 10.1. The lowest BCUT2D eigenvalue weighted by Crippen LogP contribution is -2.21. The van der Waals surface area contributed by atoms with Crippen LogP contribution in [-0.4, -0.2) is 33.8 Å². The van der Waals surface area contributed by atoms with Crippen LogP contribution in [0.15, 0.2) is 52.0 Å². The Morgan fingerprint density at radius 2 is 1.90 bits per heavy atom. The Hall–Kier alpha value is -2.88. The molecule has 1 aliphatic heterocycles. The van der Waals surface area contributed by atoms with Gasteiger partial charge in [-0.3, -0.25) is 4.79 Å². The SMILES string of the molecule is CCOc1c(Cl)cc(C=C2C(=O)N(c3ccc(S(N)(=O)=O)cc3)N=C2C)cc1OC. The number of nitrogens with two attached hydrogens (primary N) is 1. The van der Waals surface area contributed by atoms with Crippen molar-refractivity contribution >= 4 is 45.0 Å². The van der Waals surface area contributed by atoms with Crippen LogP contribution in [0.2, 0.25) is 5.02 Å². The Labute approximate surface area is 179 Å². The van der Waals surface area contributed by atoms with Crippen molar-refractivity contribution in [2.45, 2.75) is 18.7 Å². The Bertz CT molecular complexity index is 1160. The van der Waals surface area contributed by atoms with Gasteiger partial charge in [0.2, 0.25) is 10.0 Å². The molecule has 0 spiro atoms. The number of carbonyl (C=O) groups is 1. The first-order valence-electron chi connectivity index (χ1n) is 8.90. The van der Waals surface area contributed by atoms with E-state index in [1.807, 2.05) is 6.92 Å². The van der Waals surface area contributed by atoms with Gasteiger partial charge in [-0.1, -0.05) is 11.6 Å². The Morgan fingerprint density at radius 3 is 2.47 bits per heavy atom. The highest BCUT2D eigenvalue weighted by Gasteiger charge is 2.29. The summed E-state index contributed by atoms with van der Waals surface area (Å²) in [5.41, 5.74) is 1.93. The average molecular weight is 450 g/mol. The molecule has 8 nitrogen and oxygen atoms in total. The van der Waals surface area contributed by atoms with Gasteiger partial charge >= 0.3 is 0 Å². The molecule has 10 heteroatoms. The molecular weight excluding hydrogens is 430 g/mol. The largest absolute Gasteiger partial charge is 0.493 e. The molecule has 0 aromatic heterocycles. The normalized spacial score (nSPS) is 15.5. The summed E-state index contributed by atoms with van der Waals surface area (Å²) in [5.74, 6) is 0.523. The number of primary sulfonamides is 1. The van der Waals surface area contributed by atoms with E-state index in [4.69, 9.17) is 26.2 Å². The van der Waals surface area contributed by atoms with Crippen molar-refractivity contribution in [3.63, 3.8) is 0 Å². The molecule has 0 atom stereocenters. The summed E-state index contributed by atoms with van der Waals surface area (Å²) in [6, 6.07) is 8.96. The van der Waals surface area contributed by atoms with Gasteiger partial charge in [0.05, 0.1) is 40.6 Å². The number of carbonyl (C=O) groups excluding carboxylic acids is 1. The number of hydrogen-bond donors (Lipinski definition) is 1. The van der Waals surface area contributed by atoms with Crippen LogP contribution in [0, 0.1) is 0 Å². The second kappa shape index (κ2) is 8.47. The summed E-state index contributed by atoms with van der Waals surface area (Å²) in [6.07, 6.45) is 1.66. The first kappa shape index (κ1) is 21.8. The zero-order chi connectivity index (χ0) is 22.1. The van der Waals surface area contributed by atoms with Gasteiger partial charge in [-0.15, -0.1) is 0 Å². The van der Waals surface area contributed by atoms with Gasteiger partial charge in [0, 0.05) is 0 Å². The fourth-order valence-electron chi connectivity index (χ4n) is 2.91. The quantitative estimate of drug-likeness (QED) is 0.680. The minimum Gasteiger partial charge on any atom is -0.493 e. The molecule has 1 heterocycles. The van der Waals surface area contributed by atoms with Crippen molar-refractivity contribution in [1.82, 2.24) is 0 Å². The minimum atomic E-state index is -3.82. The van der Waals surface area contributed by atoms with E-state index in [0.717, 1.165) is 0 Å². The van der Waals surface area contributed by atoms with Crippen molar-refractivity contribution in [2.24, 2.45) is 10.2 Å². The highest BCUT2D eigenvalue weighted by atomic mass is 35.5. The van der Waals surface area contributed by atoms with E-state index in [1.54, 1.807) is 25.1 Å². The molecule has 0 saturated heterocycles. The van der Waals surface area contributed by atoms with E-state index in [-0.39, 0.29) is 10.8 Å². The number of amides is 1. The van der Waals surface area contributed by atoms with Crippen molar-refractivity contribution in [2.75, 3.05) is 18.7 Å². The van der Waals surface area contributed by atoms with E-state index in [9.17, 15) is 13.2 Å². The minimum absolute atomic E-state index is 0.0505. The maximum absolute atomic E-state index is 12.9. The van der Waals surface area contributed by atoms with Crippen LogP contribution in [0.25, 0.3) is 6.08 Å². The number of ether oxygens (including phenoxy) is 2. The summed E-state index contributed by atoms with van der Waals surface area (Å²) < 4.78 is 33.7. The van der Waals surface area contributed by atoms with Crippen LogP contribution >= 0.6 is 11.6 Å². The Balaban J connectivity index is 1.94. The second-order valence-corrected chi connectivity index (χ2v) is 8.34. The molecule has 158 valence electrons. The summed E-state index contributed by atoms with van der Waals surface area (Å²) in [4.78, 5) is 12.9. The summed E-state index contributed by atoms with van der Waals surface area (Å²) in [6.45, 7) is 3.97. The number of hydrogen-bond acceptors (Lipinski definition) is 6. The van der Waals surface area contributed by atoms with Gasteiger partial charge in [0.15, 0.2) is 11.5 Å². The van der Waals surface area contributed by atoms with Crippen LogP contribution in [0.3, 0.4) is 0 Å². The predicted molar refractivity (Wildman–Crippen MR) is 116 cm³/mol. The first-order valence-corrected chi connectivity index (χ1v) is 10.8. The van der Waals surface area contributed by atoms with Crippen molar-refractivity contribution in [3.05, 3.63) is 52.6 Å². The van der Waals surface area contributed by atoms with Crippen LogP contribution in [-0.2, 0) is 14.8 Å². The maximum Gasteiger partial charge on any atom is 0.280 e. The molecule has 0 fully saturated rings. The molecule has 2 aromatic rings. The van der Waals surface area contributed by atoms with E-state index >= 15 is 0 Å². The fourth-order valence-corrected chi connectivity index (χ4v) is 3.70. The third kappa shape index (κ3) is 4.33. The number of methoxy groups -OCH3 is 1. The van der Waals surface area contributed by atoms with E-state index in [0.29, 0.717) is 45.7 Å². The van der Waals surface area contributed by atoms with Crippen LogP contribution in [0.4, 0.5) is 5.69 Å². The van der Waals surface area contributed by atoms with Crippen LogP contribution < -0.4 is 19.6 Å². The number of nitrogens with zero attached hydrogens (tertiary/aromatic N) is 2. The molecule has 0 aliphatic carbocycles. The molecular formula is C20H20ClN3O5S. The molecule has 0 bridgehead atoms. The number of rotatable bonds is 6. The van der Waals surface area contributed by atoms with Gasteiger partial charge in [-0.05, 0) is 61.9 Å². The molecule has 0 radical (unpaired) electrons. The Kier molecular flexibility index (Phi) is 6.16. The molecule has 1 amide bonds. The molecule has 2 aromatic carbocycles. The molecule has 30 heavy (non-hydrogen) atoms. The third-order valence-electron chi connectivity index (χ3n) is 4.32. The van der Waals surface area contributed by atoms with Gasteiger partial charge < -0.3 is 9.47 Å². The number of hydrazone groups is 1. The van der Waals surface area contributed by atoms with E-state index in [1.165, 1.54) is 36.4 Å². The first-order chi connectivity index (χ1) is 14.2. The fraction of sp³-hybridized carbons (Fsp3) is 0.200. The van der Waals surface area contributed by atoms with Gasteiger partial charge in [-0.25, -0.2) is 13.6 Å². The highest BCUT2D eigenvalue weighted by Crippen LogP contribution is 2.37. The number of halogens is 1. The topological polar surface area (TPSA) is 111 Å². The van der Waals surface area contributed by atoms with Gasteiger partial charge in [0.1, 0.15) is 0 Å². The molecule has 0 unspecified atom stereocenters. The summed E-state index contributed by atoms with van der Waals surface area (Å²) in [7, 11) is -2.32. The smallest absolute Gasteiger partial charge is 0.280 e. The van der Waals surface area contributed by atoms with Gasteiger partial charge in [0.25, 0.3) is 5.91 Å². The van der Waals surface area contributed by atoms with Crippen LogP contribution in [0.1, 0.15) is 19.4 Å². The number of benzene rings is 2. The van der Waals surface area contributed by atoms with E-state index in [2.05, 4.69) is 5.10 Å². The van der Waals surface area contributed by atoms with Crippen molar-refractivity contribution < 1.29 is 22.7 Å². The van der Waals surface area contributed by atoms with E-state index < -0.39 is 10.0 Å². The second-order valence-electron chi connectivity index (χ2n) is 6.37. The summed E-state index contributed by atoms with van der Waals surface area (Å²) >= 11 is 6.31. The van der Waals surface area contributed by atoms with Gasteiger partial charge in [-0.2, -0.15) is 10.1 Å². The number of anilines is 1. The molecule has 1 aliphatic rings. The third-order valence-corrected chi connectivity index (χ3v) is 5.53. The molecule has 3 rings (SSSR count). The molecule has 0 saturated carbocycles. The van der Waals surface area contributed by atoms with Crippen molar-refractivity contribution in [3.8, 4) is 11.5 Å². The monoisotopic (exact) mass is 449 g/mol. The standard InChI is InChI=1S/C20H20ClN3O5S/c1-4-29-19-17(21)10-13(11-18(19)28-3)9-16-12(2)23-24(20(16)25)14-5-7-15(8-6-14)30(22,26)27/h5-11H,4H2,1-3H3,(H2,22,26,27). The summed E-state index contributed by atoms with van der Waals surface area (Å²) in [5, 5.41) is 10.9. The lowest BCUT2D eigenvalue weighted by Gasteiger charge is -2.13. The number of sulfonamides is 1. The molecule has 2 N–H and O–H groups in total. The zero-order valence-corrected chi connectivity index (χ0v) is 18.1. The maximum atomic E-state index is 12.9. The lowest BCUT2D eigenvalue weighted by molar-refractivity contribution is -0.114. The average Bonchev–Trinajstić information content (AvgIpc) is 2.97. The van der Waals surface area contributed by atoms with Crippen molar-refractivity contribution in [1.29, 1.82) is 0 Å². The highest BCUT2D eigenvalue weighted by molar-refractivity contribution is 7.89. The predicted octanol–water partition coefficient (Wildman–Crippen LogP) is 3.20. The van der Waals surface area contributed by atoms with Crippen LogP contribution in [0.5, 0.6) is 11.5 Å². The Morgan fingerprint density at radius 1 is 1.23 bits per heavy atom.